The summed E-state index contributed by atoms with van der Waals surface area (Å²) in [4.78, 5) is 0. The van der Waals surface area contributed by atoms with Crippen LogP contribution in [-0.2, 0) is 4.74 Å². The van der Waals surface area contributed by atoms with Gasteiger partial charge in [0.1, 0.15) is 11.3 Å². The molecule has 0 amide bonds. The molecule has 2 atom stereocenters. The van der Waals surface area contributed by atoms with Gasteiger partial charge < -0.3 is 14.5 Å². The van der Waals surface area contributed by atoms with Crippen LogP contribution in [0, 0.1) is 6.92 Å². The van der Waals surface area contributed by atoms with Gasteiger partial charge in [-0.15, -0.1) is 0 Å². The Hall–Kier alpha value is -1.32. The van der Waals surface area contributed by atoms with Crippen molar-refractivity contribution in [2.24, 2.45) is 0 Å². The van der Waals surface area contributed by atoms with Crippen LogP contribution < -0.4 is 5.32 Å². The van der Waals surface area contributed by atoms with Gasteiger partial charge >= 0.3 is 0 Å². The first-order valence-electron chi connectivity index (χ1n) is 6.42. The molecule has 1 aromatic heterocycles. The zero-order valence-corrected chi connectivity index (χ0v) is 11.5. The highest BCUT2D eigenvalue weighted by Gasteiger charge is 2.22. The predicted molar refractivity (Wildman–Crippen MR) is 73.8 cm³/mol. The molecule has 0 saturated carbocycles. The van der Waals surface area contributed by atoms with Crippen LogP contribution in [-0.4, -0.2) is 19.8 Å². The second-order valence-corrected chi connectivity index (χ2v) is 4.62. The van der Waals surface area contributed by atoms with E-state index in [9.17, 15) is 0 Å². The summed E-state index contributed by atoms with van der Waals surface area (Å²) in [5.41, 5.74) is 2.14. The molecule has 0 bridgehead atoms. The maximum atomic E-state index is 5.99. The monoisotopic (exact) mass is 247 g/mol. The Labute approximate surface area is 108 Å². The Morgan fingerprint density at radius 2 is 2.17 bits per heavy atom. The SMILES string of the molecule is CCNC(c1cc2cccc(C)c2o1)C(C)OC. The molecule has 0 fully saturated rings. The summed E-state index contributed by atoms with van der Waals surface area (Å²) in [7, 11) is 1.73. The van der Waals surface area contributed by atoms with Gasteiger partial charge in [-0.2, -0.15) is 0 Å². The number of ether oxygens (including phenoxy) is 1. The van der Waals surface area contributed by atoms with Crippen molar-refractivity contribution in [3.63, 3.8) is 0 Å². The highest BCUT2D eigenvalue weighted by atomic mass is 16.5. The van der Waals surface area contributed by atoms with Gasteiger partial charge in [-0.25, -0.2) is 0 Å². The molecule has 0 aliphatic rings. The van der Waals surface area contributed by atoms with Gasteiger partial charge in [0.15, 0.2) is 0 Å². The first kappa shape index (κ1) is 13.1. The number of benzene rings is 1. The lowest BCUT2D eigenvalue weighted by Gasteiger charge is -2.21. The maximum Gasteiger partial charge on any atom is 0.137 e. The van der Waals surface area contributed by atoms with E-state index in [0.717, 1.165) is 23.3 Å². The zero-order valence-electron chi connectivity index (χ0n) is 11.5. The van der Waals surface area contributed by atoms with Crippen LogP contribution >= 0.6 is 0 Å². The fourth-order valence-corrected chi connectivity index (χ4v) is 2.24. The van der Waals surface area contributed by atoms with Gasteiger partial charge in [0.25, 0.3) is 0 Å². The van der Waals surface area contributed by atoms with Crippen molar-refractivity contribution >= 4 is 11.0 Å². The van der Waals surface area contributed by atoms with Crippen molar-refractivity contribution in [2.45, 2.75) is 32.9 Å². The topological polar surface area (TPSA) is 34.4 Å². The lowest BCUT2D eigenvalue weighted by molar-refractivity contribution is 0.0766. The zero-order chi connectivity index (χ0) is 13.1. The molecule has 3 heteroatoms. The summed E-state index contributed by atoms with van der Waals surface area (Å²) in [5.74, 6) is 0.940. The minimum Gasteiger partial charge on any atom is -0.459 e. The summed E-state index contributed by atoms with van der Waals surface area (Å²) >= 11 is 0. The lowest BCUT2D eigenvalue weighted by atomic mass is 10.1. The number of furan rings is 1. The third-order valence-electron chi connectivity index (χ3n) is 3.33. The molecule has 2 unspecified atom stereocenters. The van der Waals surface area contributed by atoms with E-state index in [0.29, 0.717) is 0 Å². The van der Waals surface area contributed by atoms with Gasteiger partial charge in [0, 0.05) is 12.5 Å². The van der Waals surface area contributed by atoms with Gasteiger partial charge in [0.05, 0.1) is 12.1 Å². The number of hydrogen-bond donors (Lipinski definition) is 1. The fourth-order valence-electron chi connectivity index (χ4n) is 2.24. The summed E-state index contributed by atoms with van der Waals surface area (Å²) in [5, 5.41) is 4.56. The third kappa shape index (κ3) is 2.42. The average molecular weight is 247 g/mol. The van der Waals surface area contributed by atoms with Gasteiger partial charge in [-0.05, 0) is 32.0 Å². The third-order valence-corrected chi connectivity index (χ3v) is 3.33. The quantitative estimate of drug-likeness (QED) is 0.879. The van der Waals surface area contributed by atoms with Crippen molar-refractivity contribution in [3.05, 3.63) is 35.6 Å². The molecule has 1 heterocycles. The van der Waals surface area contributed by atoms with Crippen LogP contribution in [0.4, 0.5) is 0 Å². The molecule has 0 aliphatic carbocycles. The fraction of sp³-hybridized carbons (Fsp3) is 0.467. The number of likely N-dealkylation sites (N-methyl/N-ethyl adjacent to an activating group) is 1. The van der Waals surface area contributed by atoms with E-state index < -0.39 is 0 Å². The number of rotatable bonds is 5. The van der Waals surface area contributed by atoms with E-state index in [1.807, 2.05) is 6.92 Å². The second kappa shape index (κ2) is 5.55. The van der Waals surface area contributed by atoms with Gasteiger partial charge in [0.2, 0.25) is 0 Å². The number of para-hydroxylation sites is 1. The van der Waals surface area contributed by atoms with Crippen molar-refractivity contribution in [3.8, 4) is 0 Å². The predicted octanol–water partition coefficient (Wildman–Crippen LogP) is 3.43. The Balaban J connectivity index is 2.41. The molecular formula is C15H21NO2. The minimum absolute atomic E-state index is 0.0748. The molecule has 0 aliphatic heterocycles. The van der Waals surface area contributed by atoms with Crippen molar-refractivity contribution in [2.75, 3.05) is 13.7 Å². The Kier molecular flexibility index (Phi) is 4.04. The lowest BCUT2D eigenvalue weighted by Crippen LogP contribution is -2.30. The van der Waals surface area contributed by atoms with E-state index in [2.05, 4.69) is 43.4 Å². The Bertz CT molecular complexity index is 518. The maximum absolute atomic E-state index is 5.99. The molecular weight excluding hydrogens is 226 g/mol. The summed E-state index contributed by atoms with van der Waals surface area (Å²) in [6.45, 7) is 7.09. The minimum atomic E-state index is 0.0748. The smallest absolute Gasteiger partial charge is 0.137 e. The number of nitrogens with one attached hydrogen (secondary N) is 1. The molecule has 18 heavy (non-hydrogen) atoms. The molecule has 3 nitrogen and oxygen atoms in total. The van der Waals surface area contributed by atoms with Crippen molar-refractivity contribution < 1.29 is 9.15 Å². The van der Waals surface area contributed by atoms with E-state index in [1.165, 1.54) is 5.56 Å². The first-order valence-corrected chi connectivity index (χ1v) is 6.42. The van der Waals surface area contributed by atoms with Crippen molar-refractivity contribution in [1.29, 1.82) is 0 Å². The molecule has 2 rings (SSSR count). The normalized spacial score (nSPS) is 14.9. The number of hydrogen-bond acceptors (Lipinski definition) is 3. The van der Waals surface area contributed by atoms with E-state index in [1.54, 1.807) is 7.11 Å². The molecule has 1 aromatic carbocycles. The standard InChI is InChI=1S/C15H21NO2/c1-5-16-14(11(3)17-4)13-9-12-8-6-7-10(2)15(12)18-13/h6-9,11,14,16H,5H2,1-4H3. The van der Waals surface area contributed by atoms with Crippen LogP contribution in [0.15, 0.2) is 28.7 Å². The highest BCUT2D eigenvalue weighted by molar-refractivity contribution is 5.81. The summed E-state index contributed by atoms with van der Waals surface area (Å²) in [6, 6.07) is 8.39. The van der Waals surface area contributed by atoms with Crippen LogP contribution in [0.1, 0.15) is 31.2 Å². The molecule has 0 saturated heterocycles. The van der Waals surface area contributed by atoms with Gasteiger partial charge in [-0.3, -0.25) is 0 Å². The van der Waals surface area contributed by atoms with Crippen LogP contribution in [0.25, 0.3) is 11.0 Å². The summed E-state index contributed by atoms with van der Waals surface area (Å²) in [6.07, 6.45) is 0.0748. The number of aryl methyl sites for hydroxylation is 1. The number of methoxy groups -OCH3 is 1. The van der Waals surface area contributed by atoms with Crippen LogP contribution in [0.3, 0.4) is 0 Å². The van der Waals surface area contributed by atoms with E-state index >= 15 is 0 Å². The molecule has 2 aromatic rings. The Morgan fingerprint density at radius 3 is 2.78 bits per heavy atom. The van der Waals surface area contributed by atoms with Crippen molar-refractivity contribution in [1.82, 2.24) is 5.32 Å². The molecule has 98 valence electrons. The molecule has 0 radical (unpaired) electrons. The van der Waals surface area contributed by atoms with Gasteiger partial charge in [-0.1, -0.05) is 25.1 Å². The highest BCUT2D eigenvalue weighted by Crippen LogP contribution is 2.28. The largest absolute Gasteiger partial charge is 0.459 e. The summed E-state index contributed by atoms with van der Waals surface area (Å²) < 4.78 is 11.4. The first-order chi connectivity index (χ1) is 8.67. The second-order valence-electron chi connectivity index (χ2n) is 4.62. The van der Waals surface area contributed by atoms with E-state index in [4.69, 9.17) is 9.15 Å². The molecule has 1 N–H and O–H groups in total. The van der Waals surface area contributed by atoms with E-state index in [-0.39, 0.29) is 12.1 Å². The Morgan fingerprint density at radius 1 is 1.39 bits per heavy atom. The molecule has 0 spiro atoms. The average Bonchev–Trinajstić information content (AvgIpc) is 2.80. The number of fused-ring (bicyclic) bond motifs is 1. The van der Waals surface area contributed by atoms with Crippen LogP contribution in [0.5, 0.6) is 0 Å². The van der Waals surface area contributed by atoms with Crippen LogP contribution in [0.2, 0.25) is 0 Å².